The molecule has 0 spiro atoms. The van der Waals surface area contributed by atoms with Crippen LogP contribution in [0.5, 0.6) is 0 Å². The Labute approximate surface area is 185 Å². The lowest BCUT2D eigenvalue weighted by molar-refractivity contribution is -0.148. The van der Waals surface area contributed by atoms with Crippen molar-refractivity contribution in [3.63, 3.8) is 0 Å². The molecule has 7 heteroatoms. The quantitative estimate of drug-likeness (QED) is 0.387. The zero-order valence-corrected chi connectivity index (χ0v) is 18.6. The van der Waals surface area contributed by atoms with Crippen LogP contribution in [0.25, 0.3) is 10.9 Å². The lowest BCUT2D eigenvalue weighted by Crippen LogP contribution is -2.44. The summed E-state index contributed by atoms with van der Waals surface area (Å²) in [7, 11) is 0. The van der Waals surface area contributed by atoms with Gasteiger partial charge in [0.05, 0.1) is 0 Å². The van der Waals surface area contributed by atoms with Crippen LogP contribution in [0.15, 0.2) is 54.6 Å². The van der Waals surface area contributed by atoms with Crippen molar-refractivity contribution < 1.29 is 19.1 Å². The molecule has 0 saturated carbocycles. The molecular weight excluding hydrogens is 412 g/mol. The molecule has 2 unspecified atom stereocenters. The second-order valence-electron chi connectivity index (χ2n) is 7.29. The Morgan fingerprint density at radius 2 is 1.74 bits per heavy atom. The summed E-state index contributed by atoms with van der Waals surface area (Å²) in [6, 6.07) is 15.4. The highest BCUT2D eigenvalue weighted by atomic mass is 32.2. The molecule has 2 aromatic carbocycles. The second kappa shape index (κ2) is 10.3. The maximum absolute atomic E-state index is 13.1. The largest absolute Gasteiger partial charge is 0.453 e. The summed E-state index contributed by atoms with van der Waals surface area (Å²) >= 11 is 1.57. The number of carbonyl (C=O) groups excluding carboxylic acids is 3. The summed E-state index contributed by atoms with van der Waals surface area (Å²) in [6.45, 7) is 3.38. The number of esters is 1. The summed E-state index contributed by atoms with van der Waals surface area (Å²) in [5.41, 5.74) is 2.56. The first kappa shape index (κ1) is 22.6. The van der Waals surface area contributed by atoms with Crippen LogP contribution < -0.4 is 5.32 Å². The normalized spacial score (nSPS) is 12.9. The Bertz CT molecular complexity index is 1080. The van der Waals surface area contributed by atoms with Gasteiger partial charge in [-0.25, -0.2) is 4.79 Å². The SMILES string of the molecule is CSCCC(NC(=O)c1ccccc1)C(=O)OC(C)C(=O)c1c(C)[nH]c2ccccc12. The topological polar surface area (TPSA) is 88.3 Å². The Morgan fingerprint density at radius 3 is 2.45 bits per heavy atom. The van der Waals surface area contributed by atoms with Gasteiger partial charge in [-0.3, -0.25) is 9.59 Å². The van der Waals surface area contributed by atoms with Crippen LogP contribution >= 0.6 is 11.8 Å². The van der Waals surface area contributed by atoms with Crippen LogP contribution in [0.4, 0.5) is 0 Å². The number of nitrogens with one attached hydrogen (secondary N) is 2. The monoisotopic (exact) mass is 438 g/mol. The van der Waals surface area contributed by atoms with Gasteiger partial charge in [0.25, 0.3) is 5.91 Å². The molecule has 0 aliphatic rings. The number of para-hydroxylation sites is 1. The fourth-order valence-corrected chi connectivity index (χ4v) is 3.89. The van der Waals surface area contributed by atoms with Gasteiger partial charge in [-0.05, 0) is 50.5 Å². The minimum Gasteiger partial charge on any atom is -0.453 e. The number of rotatable bonds is 9. The van der Waals surface area contributed by atoms with Crippen LogP contribution in [-0.4, -0.2) is 46.8 Å². The van der Waals surface area contributed by atoms with E-state index in [4.69, 9.17) is 4.74 Å². The Balaban J connectivity index is 1.73. The third-order valence-corrected chi connectivity index (χ3v) is 5.68. The first-order valence-corrected chi connectivity index (χ1v) is 11.5. The molecule has 31 heavy (non-hydrogen) atoms. The smallest absolute Gasteiger partial charge is 0.329 e. The molecule has 6 nitrogen and oxygen atoms in total. The van der Waals surface area contributed by atoms with Gasteiger partial charge in [0.2, 0.25) is 5.78 Å². The highest BCUT2D eigenvalue weighted by molar-refractivity contribution is 7.98. The third-order valence-electron chi connectivity index (χ3n) is 5.04. The van der Waals surface area contributed by atoms with Gasteiger partial charge in [-0.2, -0.15) is 11.8 Å². The number of H-pyrrole nitrogens is 1. The number of aryl methyl sites for hydroxylation is 1. The van der Waals surface area contributed by atoms with Gasteiger partial charge in [0.15, 0.2) is 6.10 Å². The zero-order valence-electron chi connectivity index (χ0n) is 17.8. The van der Waals surface area contributed by atoms with E-state index >= 15 is 0 Å². The lowest BCUT2D eigenvalue weighted by atomic mass is 10.0. The van der Waals surface area contributed by atoms with Crippen molar-refractivity contribution in [1.29, 1.82) is 0 Å². The van der Waals surface area contributed by atoms with E-state index in [-0.39, 0.29) is 11.7 Å². The minimum absolute atomic E-state index is 0.277. The van der Waals surface area contributed by atoms with Crippen LogP contribution in [-0.2, 0) is 9.53 Å². The van der Waals surface area contributed by atoms with E-state index in [0.717, 1.165) is 16.6 Å². The molecular formula is C24H26N2O4S. The number of aromatic amines is 1. The first-order chi connectivity index (χ1) is 14.9. The molecule has 0 saturated heterocycles. The minimum atomic E-state index is -0.976. The van der Waals surface area contributed by atoms with Crippen molar-refractivity contribution in [2.24, 2.45) is 0 Å². The average molecular weight is 439 g/mol. The molecule has 0 aliphatic heterocycles. The highest BCUT2D eigenvalue weighted by Crippen LogP contribution is 2.24. The standard InChI is InChI=1S/C24H26N2O4S/c1-15-21(18-11-7-8-12-19(18)25-15)22(27)16(2)30-24(29)20(13-14-31-3)26-23(28)17-9-5-4-6-10-17/h4-12,16,20,25H,13-14H2,1-3H3,(H,26,28). The van der Waals surface area contributed by atoms with E-state index < -0.39 is 18.1 Å². The summed E-state index contributed by atoms with van der Waals surface area (Å²) in [6.07, 6.45) is 1.36. The maximum atomic E-state index is 13.1. The van der Waals surface area contributed by atoms with Gasteiger partial charge in [-0.1, -0.05) is 36.4 Å². The summed E-state index contributed by atoms with van der Waals surface area (Å²) in [4.78, 5) is 41.6. The number of carbonyl (C=O) groups is 3. The van der Waals surface area contributed by atoms with E-state index in [9.17, 15) is 14.4 Å². The van der Waals surface area contributed by atoms with Crippen molar-refractivity contribution in [3.8, 4) is 0 Å². The lowest BCUT2D eigenvalue weighted by Gasteiger charge is -2.20. The number of thioether (sulfide) groups is 1. The molecule has 2 N–H and O–H groups in total. The molecule has 3 aromatic rings. The summed E-state index contributed by atoms with van der Waals surface area (Å²) < 4.78 is 5.51. The molecule has 1 aromatic heterocycles. The molecule has 3 rings (SSSR count). The molecule has 0 bridgehead atoms. The zero-order chi connectivity index (χ0) is 22.4. The number of ether oxygens (including phenoxy) is 1. The fourth-order valence-electron chi connectivity index (χ4n) is 3.42. The van der Waals surface area contributed by atoms with Crippen LogP contribution in [0.3, 0.4) is 0 Å². The number of fused-ring (bicyclic) bond motifs is 1. The molecule has 0 fully saturated rings. The van der Waals surface area contributed by atoms with Gasteiger partial charge in [-0.15, -0.1) is 0 Å². The predicted molar refractivity (Wildman–Crippen MR) is 124 cm³/mol. The predicted octanol–water partition coefficient (Wildman–Crippen LogP) is 4.14. The molecule has 1 heterocycles. The van der Waals surface area contributed by atoms with Crippen molar-refractivity contribution in [3.05, 3.63) is 71.4 Å². The van der Waals surface area contributed by atoms with E-state index in [1.165, 1.54) is 0 Å². The highest BCUT2D eigenvalue weighted by Gasteiger charge is 2.29. The van der Waals surface area contributed by atoms with E-state index in [1.54, 1.807) is 43.0 Å². The number of Topliss-reactive ketones (excluding diaryl/α,β-unsaturated/α-hetero) is 1. The van der Waals surface area contributed by atoms with E-state index in [0.29, 0.717) is 23.3 Å². The van der Waals surface area contributed by atoms with E-state index in [2.05, 4.69) is 10.3 Å². The van der Waals surface area contributed by atoms with Crippen molar-refractivity contribution in [1.82, 2.24) is 10.3 Å². The Kier molecular flexibility index (Phi) is 7.52. The van der Waals surface area contributed by atoms with Crippen LogP contribution in [0.2, 0.25) is 0 Å². The van der Waals surface area contributed by atoms with Gasteiger partial charge >= 0.3 is 5.97 Å². The number of amides is 1. The Hall–Kier alpha value is -3.06. The third kappa shape index (κ3) is 5.35. The molecule has 0 radical (unpaired) electrons. The van der Waals surface area contributed by atoms with Crippen molar-refractivity contribution in [2.45, 2.75) is 32.4 Å². The maximum Gasteiger partial charge on any atom is 0.329 e. The molecule has 2 atom stereocenters. The average Bonchev–Trinajstić information content (AvgIpc) is 3.11. The number of hydrogen-bond donors (Lipinski definition) is 2. The summed E-state index contributed by atoms with van der Waals surface area (Å²) in [5.74, 6) is -0.577. The molecule has 162 valence electrons. The first-order valence-electron chi connectivity index (χ1n) is 10.1. The number of hydrogen-bond acceptors (Lipinski definition) is 5. The van der Waals surface area contributed by atoms with Crippen LogP contribution in [0, 0.1) is 6.92 Å². The molecule has 1 amide bonds. The fraction of sp³-hybridized carbons (Fsp3) is 0.292. The second-order valence-corrected chi connectivity index (χ2v) is 8.27. The Morgan fingerprint density at radius 1 is 1.06 bits per heavy atom. The van der Waals surface area contributed by atoms with E-state index in [1.807, 2.05) is 43.5 Å². The summed E-state index contributed by atoms with van der Waals surface area (Å²) in [5, 5.41) is 3.54. The van der Waals surface area contributed by atoms with Gasteiger partial charge < -0.3 is 15.0 Å². The van der Waals surface area contributed by atoms with Crippen LogP contribution in [0.1, 0.15) is 39.8 Å². The number of benzene rings is 2. The van der Waals surface area contributed by atoms with Crippen molar-refractivity contribution in [2.75, 3.05) is 12.0 Å². The number of ketones is 1. The van der Waals surface area contributed by atoms with Gasteiger partial charge in [0.1, 0.15) is 6.04 Å². The van der Waals surface area contributed by atoms with Gasteiger partial charge in [0, 0.05) is 27.7 Å². The molecule has 0 aliphatic carbocycles. The van der Waals surface area contributed by atoms with Crippen molar-refractivity contribution >= 4 is 40.3 Å². The number of aromatic nitrogens is 1.